The third-order valence-corrected chi connectivity index (χ3v) is 2.87. The van der Waals surface area contributed by atoms with Gasteiger partial charge in [0.25, 0.3) is 0 Å². The van der Waals surface area contributed by atoms with Gasteiger partial charge in [-0.3, -0.25) is 0 Å². The maximum Gasteiger partial charge on any atom is 0.0394 e. The standard InChI is InChI=1S/C12H18N2/c1-14(2)12-6-4-3-5-10(12)9-11-7-8-13-11/h3-6,11,13H,7-9H2,1-2H3. The summed E-state index contributed by atoms with van der Waals surface area (Å²) in [6.45, 7) is 1.19. The van der Waals surface area contributed by atoms with Crippen molar-refractivity contribution in [1.82, 2.24) is 5.32 Å². The van der Waals surface area contributed by atoms with Crippen LogP contribution in [-0.2, 0) is 6.42 Å². The lowest BCUT2D eigenvalue weighted by atomic mass is 9.97. The second kappa shape index (κ2) is 4.01. The van der Waals surface area contributed by atoms with Crippen LogP contribution in [0.1, 0.15) is 12.0 Å². The third-order valence-electron chi connectivity index (χ3n) is 2.87. The Morgan fingerprint density at radius 3 is 2.64 bits per heavy atom. The molecule has 2 heteroatoms. The predicted molar refractivity (Wildman–Crippen MR) is 60.9 cm³/mol. The van der Waals surface area contributed by atoms with E-state index in [9.17, 15) is 0 Å². The molecule has 1 atom stereocenters. The molecule has 0 aliphatic carbocycles. The summed E-state index contributed by atoms with van der Waals surface area (Å²) in [6, 6.07) is 9.35. The molecule has 14 heavy (non-hydrogen) atoms. The van der Waals surface area contributed by atoms with Gasteiger partial charge in [-0.1, -0.05) is 18.2 Å². The Balaban J connectivity index is 2.13. The zero-order valence-electron chi connectivity index (χ0n) is 8.96. The molecule has 0 bridgehead atoms. The van der Waals surface area contributed by atoms with Gasteiger partial charge in [-0.05, 0) is 31.0 Å². The predicted octanol–water partition coefficient (Wildman–Crippen LogP) is 1.66. The average molecular weight is 190 g/mol. The molecule has 0 spiro atoms. The van der Waals surface area contributed by atoms with Crippen molar-refractivity contribution in [2.75, 3.05) is 25.5 Å². The van der Waals surface area contributed by atoms with Crippen LogP contribution in [0.2, 0.25) is 0 Å². The van der Waals surface area contributed by atoms with Gasteiger partial charge in [0.1, 0.15) is 0 Å². The Morgan fingerprint density at radius 2 is 2.07 bits per heavy atom. The first-order valence-electron chi connectivity index (χ1n) is 5.26. The summed E-state index contributed by atoms with van der Waals surface area (Å²) in [5.41, 5.74) is 2.80. The number of nitrogens with zero attached hydrogens (tertiary/aromatic N) is 1. The van der Waals surface area contributed by atoms with E-state index in [0.717, 1.165) is 6.42 Å². The summed E-state index contributed by atoms with van der Waals surface area (Å²) in [4.78, 5) is 2.19. The van der Waals surface area contributed by atoms with E-state index in [1.54, 1.807) is 0 Å². The minimum atomic E-state index is 0.705. The summed E-state index contributed by atoms with van der Waals surface area (Å²) >= 11 is 0. The lowest BCUT2D eigenvalue weighted by molar-refractivity contribution is 0.369. The zero-order chi connectivity index (χ0) is 9.97. The maximum absolute atomic E-state index is 3.44. The quantitative estimate of drug-likeness (QED) is 0.779. The van der Waals surface area contributed by atoms with E-state index in [-0.39, 0.29) is 0 Å². The summed E-state index contributed by atoms with van der Waals surface area (Å²) < 4.78 is 0. The molecule has 0 saturated carbocycles. The summed E-state index contributed by atoms with van der Waals surface area (Å²) in [5.74, 6) is 0. The van der Waals surface area contributed by atoms with E-state index >= 15 is 0 Å². The van der Waals surface area contributed by atoms with E-state index in [1.165, 1.54) is 24.2 Å². The molecule has 1 N–H and O–H groups in total. The monoisotopic (exact) mass is 190 g/mol. The topological polar surface area (TPSA) is 15.3 Å². The van der Waals surface area contributed by atoms with Crippen LogP contribution >= 0.6 is 0 Å². The van der Waals surface area contributed by atoms with Crippen LogP contribution in [0.4, 0.5) is 5.69 Å². The van der Waals surface area contributed by atoms with Crippen molar-refractivity contribution in [3.05, 3.63) is 29.8 Å². The Kier molecular flexibility index (Phi) is 2.73. The summed E-state index contributed by atoms with van der Waals surface area (Å²) in [5, 5.41) is 3.44. The van der Waals surface area contributed by atoms with Crippen LogP contribution in [0.3, 0.4) is 0 Å². The number of para-hydroxylation sites is 1. The molecule has 1 aromatic rings. The summed E-state index contributed by atoms with van der Waals surface area (Å²) in [7, 11) is 4.21. The van der Waals surface area contributed by atoms with E-state index < -0.39 is 0 Å². The molecule has 2 rings (SSSR count). The molecule has 1 aliphatic rings. The van der Waals surface area contributed by atoms with Crippen molar-refractivity contribution in [1.29, 1.82) is 0 Å². The fourth-order valence-electron chi connectivity index (χ4n) is 1.91. The molecular formula is C12H18N2. The fourth-order valence-corrected chi connectivity index (χ4v) is 1.91. The number of benzene rings is 1. The van der Waals surface area contributed by atoms with Gasteiger partial charge in [0.15, 0.2) is 0 Å². The van der Waals surface area contributed by atoms with Crippen molar-refractivity contribution in [2.45, 2.75) is 18.9 Å². The van der Waals surface area contributed by atoms with Gasteiger partial charge < -0.3 is 10.2 Å². The highest BCUT2D eigenvalue weighted by Crippen LogP contribution is 2.21. The molecule has 2 nitrogen and oxygen atoms in total. The van der Waals surface area contributed by atoms with Crippen molar-refractivity contribution in [3.8, 4) is 0 Å². The molecule has 1 fully saturated rings. The fraction of sp³-hybridized carbons (Fsp3) is 0.500. The zero-order valence-corrected chi connectivity index (χ0v) is 8.96. The first-order chi connectivity index (χ1) is 6.77. The van der Waals surface area contributed by atoms with E-state index in [2.05, 4.69) is 48.6 Å². The van der Waals surface area contributed by atoms with Gasteiger partial charge in [-0.2, -0.15) is 0 Å². The molecule has 1 saturated heterocycles. The largest absolute Gasteiger partial charge is 0.377 e. The first kappa shape index (κ1) is 9.53. The van der Waals surface area contributed by atoms with E-state index in [0.29, 0.717) is 6.04 Å². The molecule has 0 radical (unpaired) electrons. The molecule has 0 amide bonds. The number of anilines is 1. The van der Waals surface area contributed by atoms with E-state index in [1.807, 2.05) is 0 Å². The Bertz CT molecular complexity index is 303. The first-order valence-corrected chi connectivity index (χ1v) is 5.26. The van der Waals surface area contributed by atoms with Gasteiger partial charge in [-0.15, -0.1) is 0 Å². The van der Waals surface area contributed by atoms with Crippen LogP contribution in [0.5, 0.6) is 0 Å². The van der Waals surface area contributed by atoms with Crippen LogP contribution in [0, 0.1) is 0 Å². The minimum Gasteiger partial charge on any atom is -0.377 e. The maximum atomic E-state index is 3.44. The molecule has 1 aliphatic heterocycles. The highest BCUT2D eigenvalue weighted by atomic mass is 15.1. The normalized spacial score (nSPS) is 20.3. The number of hydrogen-bond acceptors (Lipinski definition) is 2. The molecule has 0 aromatic heterocycles. The highest BCUT2D eigenvalue weighted by Gasteiger charge is 2.18. The summed E-state index contributed by atoms with van der Waals surface area (Å²) in [6.07, 6.45) is 2.48. The van der Waals surface area contributed by atoms with Crippen LogP contribution in [0.25, 0.3) is 0 Å². The van der Waals surface area contributed by atoms with Crippen molar-refractivity contribution < 1.29 is 0 Å². The Hall–Kier alpha value is -1.02. The third kappa shape index (κ3) is 1.90. The minimum absolute atomic E-state index is 0.705. The molecular weight excluding hydrogens is 172 g/mol. The van der Waals surface area contributed by atoms with Gasteiger partial charge in [0.05, 0.1) is 0 Å². The molecule has 1 unspecified atom stereocenters. The van der Waals surface area contributed by atoms with Crippen molar-refractivity contribution in [3.63, 3.8) is 0 Å². The molecule has 76 valence electrons. The molecule has 1 aromatic carbocycles. The average Bonchev–Trinajstić information content (AvgIpc) is 2.12. The van der Waals surface area contributed by atoms with Crippen molar-refractivity contribution in [2.24, 2.45) is 0 Å². The van der Waals surface area contributed by atoms with Crippen molar-refractivity contribution >= 4 is 5.69 Å². The van der Waals surface area contributed by atoms with Gasteiger partial charge >= 0.3 is 0 Å². The Labute approximate surface area is 85.9 Å². The molecule has 1 heterocycles. The second-order valence-corrected chi connectivity index (χ2v) is 4.17. The lowest BCUT2D eigenvalue weighted by Gasteiger charge is -2.29. The number of rotatable bonds is 3. The SMILES string of the molecule is CN(C)c1ccccc1CC1CCN1. The van der Waals surface area contributed by atoms with Crippen LogP contribution in [-0.4, -0.2) is 26.7 Å². The second-order valence-electron chi connectivity index (χ2n) is 4.17. The van der Waals surface area contributed by atoms with Gasteiger partial charge in [0.2, 0.25) is 0 Å². The Morgan fingerprint density at radius 1 is 1.36 bits per heavy atom. The smallest absolute Gasteiger partial charge is 0.0394 e. The van der Waals surface area contributed by atoms with Gasteiger partial charge in [-0.25, -0.2) is 0 Å². The number of hydrogen-bond donors (Lipinski definition) is 1. The van der Waals surface area contributed by atoms with Crippen LogP contribution in [0.15, 0.2) is 24.3 Å². The van der Waals surface area contributed by atoms with E-state index in [4.69, 9.17) is 0 Å². The number of nitrogens with one attached hydrogen (secondary N) is 1. The van der Waals surface area contributed by atoms with Gasteiger partial charge in [0, 0.05) is 25.8 Å². The van der Waals surface area contributed by atoms with Crippen LogP contribution < -0.4 is 10.2 Å². The highest BCUT2D eigenvalue weighted by molar-refractivity contribution is 5.52. The lowest BCUT2D eigenvalue weighted by Crippen LogP contribution is -2.44.